The number of nitrogens with zero attached hydrogens (tertiary/aromatic N) is 2. The van der Waals surface area contributed by atoms with E-state index < -0.39 is 5.97 Å². The van der Waals surface area contributed by atoms with E-state index in [1.54, 1.807) is 36.6 Å². The molecule has 0 bridgehead atoms. The molecular formula is C15H16N4O3S. The Morgan fingerprint density at radius 3 is 2.57 bits per heavy atom. The molecule has 0 saturated heterocycles. The maximum absolute atomic E-state index is 12.0. The van der Waals surface area contributed by atoms with Crippen LogP contribution in [0.1, 0.15) is 29.9 Å². The molecular weight excluding hydrogens is 316 g/mol. The highest BCUT2D eigenvalue weighted by atomic mass is 32.1. The SMILES string of the molecule is CCOC(=O)/C(=N/Nc1ccc(C(C)=O)cc1)c1csc(N)n1. The van der Waals surface area contributed by atoms with Crippen molar-refractivity contribution < 1.29 is 14.3 Å². The van der Waals surface area contributed by atoms with Gasteiger partial charge in [0.1, 0.15) is 5.69 Å². The van der Waals surface area contributed by atoms with Crippen molar-refractivity contribution in [1.82, 2.24) is 4.98 Å². The number of rotatable bonds is 6. The molecule has 0 aliphatic carbocycles. The van der Waals surface area contributed by atoms with Crippen LogP contribution < -0.4 is 11.2 Å². The van der Waals surface area contributed by atoms with Crippen LogP contribution >= 0.6 is 11.3 Å². The van der Waals surface area contributed by atoms with Crippen LogP contribution in [0.2, 0.25) is 0 Å². The number of hydrazone groups is 1. The van der Waals surface area contributed by atoms with Gasteiger partial charge in [-0.25, -0.2) is 9.78 Å². The van der Waals surface area contributed by atoms with Gasteiger partial charge in [0.15, 0.2) is 16.6 Å². The summed E-state index contributed by atoms with van der Waals surface area (Å²) in [5, 5.41) is 6.03. The predicted octanol–water partition coefficient (Wildman–Crippen LogP) is 2.31. The third-order valence-electron chi connectivity index (χ3n) is 2.82. The summed E-state index contributed by atoms with van der Waals surface area (Å²) in [6, 6.07) is 6.73. The molecule has 120 valence electrons. The van der Waals surface area contributed by atoms with Gasteiger partial charge >= 0.3 is 5.97 Å². The molecule has 0 fully saturated rings. The highest BCUT2D eigenvalue weighted by Gasteiger charge is 2.18. The van der Waals surface area contributed by atoms with Crippen molar-refractivity contribution in [3.8, 4) is 0 Å². The Bertz CT molecular complexity index is 737. The molecule has 0 amide bonds. The lowest BCUT2D eigenvalue weighted by molar-refractivity contribution is -0.134. The Balaban J connectivity index is 2.22. The van der Waals surface area contributed by atoms with E-state index in [0.717, 1.165) is 0 Å². The second-order valence-electron chi connectivity index (χ2n) is 4.50. The molecule has 0 aliphatic heterocycles. The average molecular weight is 332 g/mol. The Hall–Kier alpha value is -2.74. The Labute approximate surface area is 137 Å². The number of nitrogens with one attached hydrogen (secondary N) is 1. The maximum atomic E-state index is 12.0. The molecule has 2 rings (SSSR count). The zero-order chi connectivity index (χ0) is 16.8. The Morgan fingerprint density at radius 1 is 1.35 bits per heavy atom. The molecule has 0 aliphatic rings. The smallest absolute Gasteiger partial charge is 0.361 e. The molecule has 1 aromatic heterocycles. The number of aromatic nitrogens is 1. The van der Waals surface area contributed by atoms with E-state index in [4.69, 9.17) is 10.5 Å². The van der Waals surface area contributed by atoms with E-state index in [0.29, 0.717) is 22.1 Å². The molecule has 3 N–H and O–H groups in total. The van der Waals surface area contributed by atoms with Crippen molar-refractivity contribution in [3.63, 3.8) is 0 Å². The van der Waals surface area contributed by atoms with Crippen LogP contribution in [-0.4, -0.2) is 29.1 Å². The lowest BCUT2D eigenvalue weighted by Gasteiger charge is -2.05. The van der Waals surface area contributed by atoms with Gasteiger partial charge in [0.2, 0.25) is 0 Å². The number of hydrogen-bond acceptors (Lipinski definition) is 8. The van der Waals surface area contributed by atoms with Crippen molar-refractivity contribution in [1.29, 1.82) is 0 Å². The van der Waals surface area contributed by atoms with Gasteiger partial charge in [-0.2, -0.15) is 5.10 Å². The second kappa shape index (κ2) is 7.50. The van der Waals surface area contributed by atoms with E-state index in [1.165, 1.54) is 18.3 Å². The monoisotopic (exact) mass is 332 g/mol. The van der Waals surface area contributed by atoms with Crippen molar-refractivity contribution >= 4 is 39.6 Å². The van der Waals surface area contributed by atoms with E-state index >= 15 is 0 Å². The number of thiazole rings is 1. The summed E-state index contributed by atoms with van der Waals surface area (Å²) >= 11 is 1.21. The predicted molar refractivity (Wildman–Crippen MR) is 89.8 cm³/mol. The summed E-state index contributed by atoms with van der Waals surface area (Å²) in [6.45, 7) is 3.43. The first kappa shape index (κ1) is 16.6. The molecule has 2 aromatic rings. The number of hydrogen-bond donors (Lipinski definition) is 2. The number of nitrogen functional groups attached to an aromatic ring is 1. The van der Waals surface area contributed by atoms with Crippen LogP contribution in [0, 0.1) is 0 Å². The minimum Gasteiger partial charge on any atom is -0.461 e. The van der Waals surface area contributed by atoms with Gasteiger partial charge in [-0.15, -0.1) is 11.3 Å². The third-order valence-corrected chi connectivity index (χ3v) is 3.50. The fraction of sp³-hybridized carbons (Fsp3) is 0.200. The third kappa shape index (κ3) is 4.36. The molecule has 0 unspecified atom stereocenters. The van der Waals surface area contributed by atoms with Gasteiger partial charge in [0.25, 0.3) is 0 Å². The largest absolute Gasteiger partial charge is 0.461 e. The van der Waals surface area contributed by atoms with Gasteiger partial charge in [0, 0.05) is 10.9 Å². The standard InChI is InChI=1S/C15H16N4O3S/c1-3-22-14(21)13(12-8-23-15(16)17-12)19-18-11-6-4-10(5-7-11)9(2)20/h4-8,18H,3H2,1-2H3,(H2,16,17)/b19-13+. The van der Waals surface area contributed by atoms with Crippen molar-refractivity contribution in [3.05, 3.63) is 40.9 Å². The van der Waals surface area contributed by atoms with Crippen LogP contribution in [0.15, 0.2) is 34.7 Å². The van der Waals surface area contributed by atoms with Crippen LogP contribution in [0.25, 0.3) is 0 Å². The number of ketones is 1. The summed E-state index contributed by atoms with van der Waals surface area (Å²) in [5.74, 6) is -0.615. The summed E-state index contributed by atoms with van der Waals surface area (Å²) in [7, 11) is 0. The number of benzene rings is 1. The van der Waals surface area contributed by atoms with Gasteiger partial charge in [-0.1, -0.05) is 0 Å². The van der Waals surface area contributed by atoms with E-state index in [1.807, 2.05) is 0 Å². The topological polar surface area (TPSA) is 107 Å². The van der Waals surface area contributed by atoms with Crippen molar-refractivity contribution in [2.24, 2.45) is 5.10 Å². The van der Waals surface area contributed by atoms with Crippen LogP contribution in [-0.2, 0) is 9.53 Å². The zero-order valence-electron chi connectivity index (χ0n) is 12.7. The van der Waals surface area contributed by atoms with Crippen molar-refractivity contribution in [2.45, 2.75) is 13.8 Å². The Kier molecular flexibility index (Phi) is 5.42. The fourth-order valence-corrected chi connectivity index (χ4v) is 2.25. The van der Waals surface area contributed by atoms with Gasteiger partial charge in [-0.3, -0.25) is 10.2 Å². The van der Waals surface area contributed by atoms with Gasteiger partial charge in [-0.05, 0) is 38.1 Å². The number of anilines is 2. The van der Waals surface area contributed by atoms with Crippen LogP contribution in [0.5, 0.6) is 0 Å². The quantitative estimate of drug-likeness (QED) is 0.364. The molecule has 7 nitrogen and oxygen atoms in total. The number of esters is 1. The molecule has 1 aromatic carbocycles. The highest BCUT2D eigenvalue weighted by Crippen LogP contribution is 2.14. The first-order valence-corrected chi connectivity index (χ1v) is 7.72. The minimum atomic E-state index is -0.592. The Morgan fingerprint density at radius 2 is 2.04 bits per heavy atom. The number of Topliss-reactive ketones (excluding diaryl/α,β-unsaturated/α-hetero) is 1. The second-order valence-corrected chi connectivity index (χ2v) is 5.39. The van der Waals surface area contributed by atoms with Crippen LogP contribution in [0.3, 0.4) is 0 Å². The van der Waals surface area contributed by atoms with E-state index in [2.05, 4.69) is 15.5 Å². The molecule has 0 radical (unpaired) electrons. The van der Waals surface area contributed by atoms with Gasteiger partial charge in [0.05, 0.1) is 12.3 Å². The summed E-state index contributed by atoms with van der Waals surface area (Å²) in [6.07, 6.45) is 0. The number of ether oxygens (including phenoxy) is 1. The van der Waals surface area contributed by atoms with Crippen molar-refractivity contribution in [2.75, 3.05) is 17.8 Å². The summed E-state index contributed by atoms with van der Waals surface area (Å²) in [5.41, 5.74) is 9.95. The first-order valence-electron chi connectivity index (χ1n) is 6.84. The molecule has 0 atom stereocenters. The number of carbonyl (C=O) groups is 2. The number of carbonyl (C=O) groups excluding carboxylic acids is 2. The average Bonchev–Trinajstić information content (AvgIpc) is 2.94. The lowest BCUT2D eigenvalue weighted by Crippen LogP contribution is -2.20. The molecule has 1 heterocycles. The normalized spacial score (nSPS) is 11.1. The fourth-order valence-electron chi connectivity index (χ4n) is 1.70. The molecule has 8 heteroatoms. The zero-order valence-corrected chi connectivity index (χ0v) is 13.5. The van der Waals surface area contributed by atoms with Gasteiger partial charge < -0.3 is 10.5 Å². The number of nitrogens with two attached hydrogens (primary N) is 1. The first-order chi connectivity index (χ1) is 11.0. The summed E-state index contributed by atoms with van der Waals surface area (Å²) in [4.78, 5) is 27.3. The molecule has 0 saturated carbocycles. The van der Waals surface area contributed by atoms with Crippen LogP contribution in [0.4, 0.5) is 10.8 Å². The maximum Gasteiger partial charge on any atom is 0.361 e. The molecule has 23 heavy (non-hydrogen) atoms. The lowest BCUT2D eigenvalue weighted by atomic mass is 10.1. The molecule has 0 spiro atoms. The van der Waals surface area contributed by atoms with E-state index in [-0.39, 0.29) is 18.1 Å². The van der Waals surface area contributed by atoms with E-state index in [9.17, 15) is 9.59 Å². The summed E-state index contributed by atoms with van der Waals surface area (Å²) < 4.78 is 4.98. The minimum absolute atomic E-state index is 0.0230. The highest BCUT2D eigenvalue weighted by molar-refractivity contribution is 7.13.